The summed E-state index contributed by atoms with van der Waals surface area (Å²) in [5, 5.41) is 4.92. The third-order valence-electron chi connectivity index (χ3n) is 3.05. The Kier molecular flexibility index (Phi) is 4.71. The molecule has 0 fully saturated rings. The highest BCUT2D eigenvalue weighted by Crippen LogP contribution is 2.17. The third kappa shape index (κ3) is 3.43. The molecule has 0 spiro atoms. The van der Waals surface area contributed by atoms with E-state index in [2.05, 4.69) is 12.2 Å². The molecular formula is C15H18N2OS. The molecule has 0 saturated carbocycles. The van der Waals surface area contributed by atoms with E-state index in [0.717, 1.165) is 28.0 Å². The Morgan fingerprint density at radius 3 is 2.53 bits per heavy atom. The zero-order valence-electron chi connectivity index (χ0n) is 11.0. The SMILES string of the molecule is CCc1ccsc1C(=O)NCc1ccc(CN)cc1. The first-order chi connectivity index (χ1) is 9.24. The fourth-order valence-electron chi connectivity index (χ4n) is 1.87. The maximum absolute atomic E-state index is 12.1. The van der Waals surface area contributed by atoms with Crippen LogP contribution in [0.4, 0.5) is 0 Å². The lowest BCUT2D eigenvalue weighted by molar-refractivity contribution is 0.0954. The van der Waals surface area contributed by atoms with Crippen molar-refractivity contribution < 1.29 is 4.79 Å². The average molecular weight is 274 g/mol. The summed E-state index contributed by atoms with van der Waals surface area (Å²) >= 11 is 1.49. The molecule has 4 heteroatoms. The Bertz CT molecular complexity index is 546. The molecule has 0 aliphatic rings. The van der Waals surface area contributed by atoms with Gasteiger partial charge in [-0.2, -0.15) is 0 Å². The Morgan fingerprint density at radius 1 is 1.21 bits per heavy atom. The number of thiophene rings is 1. The quantitative estimate of drug-likeness (QED) is 0.880. The van der Waals surface area contributed by atoms with Crippen molar-refractivity contribution in [3.8, 4) is 0 Å². The fraction of sp³-hybridized carbons (Fsp3) is 0.267. The van der Waals surface area contributed by atoms with Gasteiger partial charge in [0.05, 0.1) is 4.88 Å². The maximum Gasteiger partial charge on any atom is 0.261 e. The molecular weight excluding hydrogens is 256 g/mol. The van der Waals surface area contributed by atoms with Crippen LogP contribution in [0.5, 0.6) is 0 Å². The molecule has 3 N–H and O–H groups in total. The van der Waals surface area contributed by atoms with Crippen LogP contribution in [0.25, 0.3) is 0 Å². The summed E-state index contributed by atoms with van der Waals surface area (Å²) in [6.45, 7) is 3.15. The molecule has 0 saturated heterocycles. The average Bonchev–Trinajstić information content (AvgIpc) is 2.93. The zero-order valence-corrected chi connectivity index (χ0v) is 11.8. The molecule has 0 atom stereocenters. The number of nitrogens with one attached hydrogen (secondary N) is 1. The van der Waals surface area contributed by atoms with E-state index in [1.807, 2.05) is 35.7 Å². The smallest absolute Gasteiger partial charge is 0.261 e. The van der Waals surface area contributed by atoms with E-state index in [0.29, 0.717) is 13.1 Å². The molecule has 1 amide bonds. The highest BCUT2D eigenvalue weighted by atomic mass is 32.1. The molecule has 1 heterocycles. The lowest BCUT2D eigenvalue weighted by Crippen LogP contribution is -2.22. The van der Waals surface area contributed by atoms with Gasteiger partial charge in [0, 0.05) is 13.1 Å². The van der Waals surface area contributed by atoms with Gasteiger partial charge in [0.1, 0.15) is 0 Å². The summed E-state index contributed by atoms with van der Waals surface area (Å²) in [6.07, 6.45) is 0.886. The fourth-order valence-corrected chi connectivity index (χ4v) is 2.78. The van der Waals surface area contributed by atoms with E-state index in [-0.39, 0.29) is 5.91 Å². The second kappa shape index (κ2) is 6.50. The number of amides is 1. The van der Waals surface area contributed by atoms with Crippen molar-refractivity contribution in [2.24, 2.45) is 5.73 Å². The number of rotatable bonds is 5. The number of aryl methyl sites for hydroxylation is 1. The first-order valence-electron chi connectivity index (χ1n) is 6.37. The third-order valence-corrected chi connectivity index (χ3v) is 4.00. The molecule has 2 rings (SSSR count). The predicted octanol–water partition coefficient (Wildman–Crippen LogP) is 2.70. The molecule has 0 aliphatic heterocycles. The van der Waals surface area contributed by atoms with Crippen molar-refractivity contribution in [2.45, 2.75) is 26.4 Å². The van der Waals surface area contributed by atoms with E-state index < -0.39 is 0 Å². The van der Waals surface area contributed by atoms with E-state index in [4.69, 9.17) is 5.73 Å². The number of carbonyl (C=O) groups is 1. The number of carbonyl (C=O) groups excluding carboxylic acids is 1. The van der Waals surface area contributed by atoms with Gasteiger partial charge in [-0.1, -0.05) is 31.2 Å². The number of hydrogen-bond donors (Lipinski definition) is 2. The van der Waals surface area contributed by atoms with E-state index in [9.17, 15) is 4.79 Å². The molecule has 3 nitrogen and oxygen atoms in total. The normalized spacial score (nSPS) is 10.4. The molecule has 0 radical (unpaired) electrons. The van der Waals surface area contributed by atoms with Gasteiger partial charge in [0.15, 0.2) is 0 Å². The molecule has 2 aromatic rings. The lowest BCUT2D eigenvalue weighted by atomic mass is 10.1. The van der Waals surface area contributed by atoms with E-state index in [1.165, 1.54) is 11.3 Å². The predicted molar refractivity (Wildman–Crippen MR) is 79.2 cm³/mol. The van der Waals surface area contributed by atoms with Crippen LogP contribution in [-0.2, 0) is 19.5 Å². The van der Waals surface area contributed by atoms with Gasteiger partial charge in [-0.25, -0.2) is 0 Å². The maximum atomic E-state index is 12.1. The second-order valence-corrected chi connectivity index (χ2v) is 5.25. The van der Waals surface area contributed by atoms with Crippen molar-refractivity contribution in [3.05, 3.63) is 57.3 Å². The summed E-state index contributed by atoms with van der Waals surface area (Å²) in [5.41, 5.74) is 8.84. The Balaban J connectivity index is 1.96. The summed E-state index contributed by atoms with van der Waals surface area (Å²) in [5.74, 6) is 0.00903. The van der Waals surface area contributed by atoms with Crippen LogP contribution in [0, 0.1) is 0 Å². The molecule has 0 aliphatic carbocycles. The monoisotopic (exact) mass is 274 g/mol. The minimum absolute atomic E-state index is 0.00903. The van der Waals surface area contributed by atoms with Crippen molar-refractivity contribution in [1.29, 1.82) is 0 Å². The topological polar surface area (TPSA) is 55.1 Å². The minimum atomic E-state index is 0.00903. The zero-order chi connectivity index (χ0) is 13.7. The number of nitrogens with two attached hydrogens (primary N) is 1. The van der Waals surface area contributed by atoms with Crippen LogP contribution in [-0.4, -0.2) is 5.91 Å². The van der Waals surface area contributed by atoms with Gasteiger partial charge in [-0.15, -0.1) is 11.3 Å². The van der Waals surface area contributed by atoms with Crippen molar-refractivity contribution >= 4 is 17.2 Å². The molecule has 1 aromatic carbocycles. The van der Waals surface area contributed by atoms with Crippen LogP contribution in [0.15, 0.2) is 35.7 Å². The first-order valence-corrected chi connectivity index (χ1v) is 7.25. The van der Waals surface area contributed by atoms with Crippen LogP contribution in [0.1, 0.15) is 33.3 Å². The largest absolute Gasteiger partial charge is 0.347 e. The number of hydrogen-bond acceptors (Lipinski definition) is 3. The van der Waals surface area contributed by atoms with Gasteiger partial charge < -0.3 is 11.1 Å². The molecule has 0 bridgehead atoms. The number of benzene rings is 1. The summed E-state index contributed by atoms with van der Waals surface area (Å²) < 4.78 is 0. The highest BCUT2D eigenvalue weighted by molar-refractivity contribution is 7.12. The summed E-state index contributed by atoms with van der Waals surface area (Å²) in [6, 6.07) is 9.99. The van der Waals surface area contributed by atoms with Gasteiger partial charge in [-0.05, 0) is 34.6 Å². The first kappa shape index (κ1) is 13.8. The molecule has 0 unspecified atom stereocenters. The summed E-state index contributed by atoms with van der Waals surface area (Å²) in [4.78, 5) is 12.9. The van der Waals surface area contributed by atoms with Crippen molar-refractivity contribution in [3.63, 3.8) is 0 Å². The standard InChI is InChI=1S/C15H18N2OS/c1-2-13-7-8-19-14(13)15(18)17-10-12-5-3-11(9-16)4-6-12/h3-8H,2,9-10,16H2,1H3,(H,17,18). The second-order valence-electron chi connectivity index (χ2n) is 4.33. The summed E-state index contributed by atoms with van der Waals surface area (Å²) in [7, 11) is 0. The van der Waals surface area contributed by atoms with Crippen molar-refractivity contribution in [2.75, 3.05) is 0 Å². The van der Waals surface area contributed by atoms with Gasteiger partial charge in [0.25, 0.3) is 5.91 Å². The van der Waals surface area contributed by atoms with Gasteiger partial charge in [0.2, 0.25) is 0 Å². The lowest BCUT2D eigenvalue weighted by Gasteiger charge is -2.06. The van der Waals surface area contributed by atoms with E-state index in [1.54, 1.807) is 0 Å². The molecule has 100 valence electrons. The van der Waals surface area contributed by atoms with Gasteiger partial charge in [-0.3, -0.25) is 4.79 Å². The highest BCUT2D eigenvalue weighted by Gasteiger charge is 2.11. The van der Waals surface area contributed by atoms with Crippen LogP contribution in [0.3, 0.4) is 0 Å². The Morgan fingerprint density at radius 2 is 1.89 bits per heavy atom. The molecule has 19 heavy (non-hydrogen) atoms. The Labute approximate surface area is 117 Å². The van der Waals surface area contributed by atoms with Crippen molar-refractivity contribution in [1.82, 2.24) is 5.32 Å². The molecule has 1 aromatic heterocycles. The van der Waals surface area contributed by atoms with Crippen LogP contribution >= 0.6 is 11.3 Å². The van der Waals surface area contributed by atoms with E-state index >= 15 is 0 Å². The minimum Gasteiger partial charge on any atom is -0.347 e. The Hall–Kier alpha value is -1.65. The van der Waals surface area contributed by atoms with Crippen LogP contribution in [0.2, 0.25) is 0 Å². The van der Waals surface area contributed by atoms with Crippen LogP contribution < -0.4 is 11.1 Å². The van der Waals surface area contributed by atoms with Gasteiger partial charge >= 0.3 is 0 Å².